The van der Waals surface area contributed by atoms with E-state index < -0.39 is 4.92 Å². The zero-order chi connectivity index (χ0) is 12.7. The van der Waals surface area contributed by atoms with Crippen molar-refractivity contribution in [3.8, 4) is 0 Å². The molecule has 0 unspecified atom stereocenters. The monoisotopic (exact) mass is 233 g/mol. The first kappa shape index (κ1) is 19.5. The van der Waals surface area contributed by atoms with E-state index >= 15 is 0 Å². The van der Waals surface area contributed by atoms with Crippen molar-refractivity contribution < 1.29 is 4.92 Å². The van der Waals surface area contributed by atoms with Crippen LogP contribution in [-0.2, 0) is 0 Å². The van der Waals surface area contributed by atoms with Crippen LogP contribution >= 0.6 is 11.6 Å². The second-order valence-electron chi connectivity index (χ2n) is 1.59. The van der Waals surface area contributed by atoms with Crippen LogP contribution in [0.4, 0.5) is 5.69 Å². The molecule has 0 fully saturated rings. The van der Waals surface area contributed by atoms with E-state index in [1.807, 2.05) is 27.7 Å². The van der Waals surface area contributed by atoms with Gasteiger partial charge in [0, 0.05) is 18.5 Å². The fourth-order valence-electron chi connectivity index (χ4n) is 0.550. The van der Waals surface area contributed by atoms with E-state index in [1.54, 1.807) is 18.2 Å². The summed E-state index contributed by atoms with van der Waals surface area (Å²) in [6, 6.07) is 7.93. The number of para-hydroxylation sites is 1. The molecule has 0 spiro atoms. The highest BCUT2D eigenvalue weighted by Gasteiger charge is 1.98. The molecule has 0 heterocycles. The number of rotatable bonds is 1. The van der Waals surface area contributed by atoms with Crippen LogP contribution in [0.5, 0.6) is 0 Å². The Morgan fingerprint density at radius 1 is 1.00 bits per heavy atom. The third-order valence-electron chi connectivity index (χ3n) is 0.967. The van der Waals surface area contributed by atoms with Crippen molar-refractivity contribution in [2.75, 3.05) is 6.38 Å². The molecule has 0 aliphatic rings. The Kier molecular flexibility index (Phi) is 24.2. The van der Waals surface area contributed by atoms with Crippen LogP contribution in [0.1, 0.15) is 27.7 Å². The maximum absolute atomic E-state index is 10.0. The third kappa shape index (κ3) is 12.9. The van der Waals surface area contributed by atoms with Crippen molar-refractivity contribution >= 4 is 17.3 Å². The summed E-state index contributed by atoms with van der Waals surface area (Å²) < 4.78 is 0. The molecule has 88 valence electrons. The molecule has 0 aliphatic carbocycles. The Labute approximate surface area is 97.2 Å². The summed E-state index contributed by atoms with van der Waals surface area (Å²) in [5, 5.41) is 10.0. The summed E-state index contributed by atoms with van der Waals surface area (Å²) in [5.41, 5.74) is 0.137. The Bertz CT molecular complexity index is 215. The van der Waals surface area contributed by atoms with Gasteiger partial charge in [0.1, 0.15) is 0 Å². The van der Waals surface area contributed by atoms with Gasteiger partial charge in [0.15, 0.2) is 0 Å². The van der Waals surface area contributed by atoms with Crippen molar-refractivity contribution in [3.63, 3.8) is 0 Å². The molecule has 3 nitrogen and oxygen atoms in total. The van der Waals surface area contributed by atoms with Crippen molar-refractivity contribution in [2.45, 2.75) is 27.7 Å². The van der Waals surface area contributed by atoms with Crippen LogP contribution in [0.3, 0.4) is 0 Å². The average Bonchev–Trinajstić information content (AvgIpc) is 2.38. The minimum absolute atomic E-state index is 0.137. The van der Waals surface area contributed by atoms with Crippen molar-refractivity contribution in [1.29, 1.82) is 0 Å². The quantitative estimate of drug-likeness (QED) is 0.407. The minimum atomic E-state index is -0.417. The van der Waals surface area contributed by atoms with Gasteiger partial charge in [-0.3, -0.25) is 10.1 Å². The number of nitro benzene ring substituents is 1. The Balaban J connectivity index is -0.000000208. The second-order valence-corrected chi connectivity index (χ2v) is 1.59. The topological polar surface area (TPSA) is 43.1 Å². The fourth-order valence-corrected chi connectivity index (χ4v) is 0.550. The van der Waals surface area contributed by atoms with Crippen LogP contribution in [-0.4, -0.2) is 11.3 Å². The molecule has 1 aromatic carbocycles. The average molecular weight is 234 g/mol. The highest BCUT2D eigenvalue weighted by atomic mass is 35.5. The van der Waals surface area contributed by atoms with E-state index in [0.717, 1.165) is 0 Å². The Hall–Kier alpha value is -1.09. The molecule has 0 N–H and O–H groups in total. The predicted octanol–water partition coefficient (Wildman–Crippen LogP) is 4.50. The summed E-state index contributed by atoms with van der Waals surface area (Å²) in [7, 11) is 0. The largest absolute Gasteiger partial charge is 0.269 e. The molecule has 1 aromatic rings. The predicted molar refractivity (Wildman–Crippen MR) is 67.6 cm³/mol. The number of non-ortho nitro benzene ring substituents is 1. The van der Waals surface area contributed by atoms with Crippen molar-refractivity contribution in [1.82, 2.24) is 0 Å². The number of benzene rings is 1. The summed E-state index contributed by atoms with van der Waals surface area (Å²) in [6.45, 7) is 8.00. The maximum atomic E-state index is 10.0. The van der Waals surface area contributed by atoms with Crippen LogP contribution in [0.15, 0.2) is 30.3 Å². The fraction of sp³-hybridized carbons (Fsp3) is 0.455. The minimum Gasteiger partial charge on any atom is -0.258 e. The highest BCUT2D eigenvalue weighted by molar-refractivity contribution is 6.15. The van der Waals surface area contributed by atoms with Crippen LogP contribution < -0.4 is 0 Å². The number of nitro groups is 1. The van der Waals surface area contributed by atoms with Gasteiger partial charge in [-0.2, -0.15) is 0 Å². The number of alkyl halides is 1. The van der Waals surface area contributed by atoms with E-state index in [2.05, 4.69) is 11.6 Å². The number of nitrogens with zero attached hydrogens (tertiary/aromatic N) is 1. The molecule has 0 radical (unpaired) electrons. The first-order valence-electron chi connectivity index (χ1n) is 4.88. The zero-order valence-corrected chi connectivity index (χ0v) is 10.8. The van der Waals surface area contributed by atoms with Gasteiger partial charge in [-0.05, 0) is 0 Å². The summed E-state index contributed by atoms with van der Waals surface area (Å²) in [6.07, 6.45) is 1.47. The van der Waals surface area contributed by atoms with Crippen molar-refractivity contribution in [3.05, 3.63) is 40.4 Å². The maximum Gasteiger partial charge on any atom is 0.269 e. The zero-order valence-electron chi connectivity index (χ0n) is 10.0. The first-order valence-corrected chi connectivity index (χ1v) is 5.63. The van der Waals surface area contributed by atoms with Crippen LogP contribution in [0.25, 0.3) is 0 Å². The van der Waals surface area contributed by atoms with E-state index in [-0.39, 0.29) is 5.69 Å². The highest BCUT2D eigenvalue weighted by Crippen LogP contribution is 2.06. The molecule has 0 aliphatic heterocycles. The molecule has 0 amide bonds. The summed E-state index contributed by atoms with van der Waals surface area (Å²) >= 11 is 4.64. The van der Waals surface area contributed by atoms with Gasteiger partial charge in [0.25, 0.3) is 5.69 Å². The van der Waals surface area contributed by atoms with Gasteiger partial charge in [0.05, 0.1) is 4.92 Å². The van der Waals surface area contributed by atoms with Crippen LogP contribution in [0.2, 0.25) is 0 Å². The number of hydrogen-bond donors (Lipinski definition) is 0. The van der Waals surface area contributed by atoms with Gasteiger partial charge in [0.2, 0.25) is 0 Å². The summed E-state index contributed by atoms with van der Waals surface area (Å²) in [5.74, 6) is 0. The third-order valence-corrected chi connectivity index (χ3v) is 0.967. The molecule has 0 atom stereocenters. The normalized spacial score (nSPS) is 6.53. The van der Waals surface area contributed by atoms with Gasteiger partial charge < -0.3 is 0 Å². The van der Waals surface area contributed by atoms with Crippen LogP contribution in [0, 0.1) is 10.1 Å². The molecule has 0 saturated carbocycles. The number of hydrogen-bond acceptors (Lipinski definition) is 2. The van der Waals surface area contributed by atoms with Gasteiger partial charge >= 0.3 is 0 Å². The molecule has 1 rings (SSSR count). The van der Waals surface area contributed by atoms with Gasteiger partial charge in [-0.1, -0.05) is 45.9 Å². The molecule has 0 aromatic heterocycles. The lowest BCUT2D eigenvalue weighted by atomic mass is 10.3. The van der Waals surface area contributed by atoms with E-state index in [9.17, 15) is 10.1 Å². The summed E-state index contributed by atoms with van der Waals surface area (Å²) in [4.78, 5) is 9.59. The molecule has 15 heavy (non-hydrogen) atoms. The SMILES string of the molecule is CC.CC.CCl.O=[N+]([O-])c1ccccc1. The molecular weight excluding hydrogens is 214 g/mol. The Morgan fingerprint density at radius 2 is 1.33 bits per heavy atom. The second kappa shape index (κ2) is 18.6. The smallest absolute Gasteiger partial charge is 0.258 e. The van der Waals surface area contributed by atoms with E-state index in [4.69, 9.17) is 0 Å². The first-order chi connectivity index (χ1) is 7.30. The van der Waals surface area contributed by atoms with E-state index in [1.165, 1.54) is 18.5 Å². The van der Waals surface area contributed by atoms with Gasteiger partial charge in [-0.25, -0.2) is 0 Å². The number of halogens is 1. The lowest BCUT2D eigenvalue weighted by Crippen LogP contribution is -1.84. The standard InChI is InChI=1S/C6H5NO2.2C2H6.CH3Cl/c8-7(9)6-4-2-1-3-5-6;3*1-2/h1-5H;2*1-2H3;1H3. The van der Waals surface area contributed by atoms with E-state index in [0.29, 0.717) is 0 Å². The lowest BCUT2D eigenvalue weighted by Gasteiger charge is -1.85. The molecule has 0 bridgehead atoms. The van der Waals surface area contributed by atoms with Gasteiger partial charge in [-0.15, -0.1) is 11.6 Å². The Morgan fingerprint density at radius 3 is 1.53 bits per heavy atom. The lowest BCUT2D eigenvalue weighted by molar-refractivity contribution is -0.384. The molecule has 4 heteroatoms. The molecular formula is C11H20ClNO2. The van der Waals surface area contributed by atoms with Crippen molar-refractivity contribution in [2.24, 2.45) is 0 Å². The molecule has 0 saturated heterocycles.